The number of aliphatic hydroxyl groups excluding tert-OH is 1. The molecule has 0 bridgehead atoms. The van der Waals surface area contributed by atoms with E-state index in [2.05, 4.69) is 4.74 Å². The highest BCUT2D eigenvalue weighted by Crippen LogP contribution is 1.72. The van der Waals surface area contributed by atoms with E-state index in [9.17, 15) is 0 Å². The van der Waals surface area contributed by atoms with Gasteiger partial charge in [-0.15, -0.1) is 0 Å². The van der Waals surface area contributed by atoms with E-state index in [1.807, 2.05) is 0 Å². The highest BCUT2D eigenvalue weighted by Gasteiger charge is 1.80. The number of methoxy groups -OCH3 is 1. The summed E-state index contributed by atoms with van der Waals surface area (Å²) in [5.41, 5.74) is 0. The second-order valence-corrected chi connectivity index (χ2v) is 0.835. The molecule has 0 fully saturated rings. The number of rotatable bonds is 1. The van der Waals surface area contributed by atoms with E-state index >= 15 is 0 Å². The van der Waals surface area contributed by atoms with Gasteiger partial charge in [0.25, 0.3) is 0 Å². The maximum atomic E-state index is 8.14. The average molecular weight is 76.1 g/mol. The summed E-state index contributed by atoms with van der Waals surface area (Å²) in [4.78, 5) is 0. The Morgan fingerprint density at radius 1 is 1.80 bits per heavy atom. The zero-order valence-corrected chi connectivity index (χ0v) is 3.43. The van der Waals surface area contributed by atoms with Gasteiger partial charge < -0.3 is 9.84 Å². The Bertz CT molecular complexity index is 18.9. The van der Waals surface area contributed by atoms with Gasteiger partial charge in [0, 0.05) is 7.11 Å². The molecule has 0 aliphatic carbocycles. The minimum Gasteiger partial charge on any atom is -0.368 e. The summed E-state index contributed by atoms with van der Waals surface area (Å²) in [5.74, 6) is 0. The minimum atomic E-state index is -0.616. The molecule has 2 nitrogen and oxygen atoms in total. The van der Waals surface area contributed by atoms with Crippen LogP contribution >= 0.6 is 0 Å². The van der Waals surface area contributed by atoms with E-state index in [0.717, 1.165) is 0 Å². The van der Waals surface area contributed by atoms with Crippen molar-refractivity contribution in [3.05, 3.63) is 0 Å². The van der Waals surface area contributed by atoms with Crippen molar-refractivity contribution in [3.63, 3.8) is 0 Å². The first kappa shape index (κ1) is 4.92. The van der Waals surface area contributed by atoms with Crippen molar-refractivity contribution in [1.82, 2.24) is 0 Å². The molecule has 0 radical (unpaired) electrons. The van der Waals surface area contributed by atoms with Crippen LogP contribution in [-0.4, -0.2) is 18.5 Å². The van der Waals surface area contributed by atoms with E-state index in [4.69, 9.17) is 5.11 Å². The van der Waals surface area contributed by atoms with Crippen molar-refractivity contribution >= 4 is 0 Å². The summed E-state index contributed by atoms with van der Waals surface area (Å²) in [6.07, 6.45) is -0.616. The van der Waals surface area contributed by atoms with E-state index in [1.54, 1.807) is 6.92 Å². The Hall–Kier alpha value is -0.0800. The SMILES string of the molecule is CO[C@H](C)O. The molecule has 0 saturated carbocycles. The molecule has 0 saturated heterocycles. The van der Waals surface area contributed by atoms with E-state index in [1.165, 1.54) is 7.11 Å². The average Bonchev–Trinajstić information content (AvgIpc) is 1.38. The summed E-state index contributed by atoms with van der Waals surface area (Å²) in [7, 11) is 1.45. The van der Waals surface area contributed by atoms with Crippen LogP contribution in [0.2, 0.25) is 0 Å². The van der Waals surface area contributed by atoms with Gasteiger partial charge in [-0.1, -0.05) is 0 Å². The quantitative estimate of drug-likeness (QED) is 0.444. The first-order valence-electron chi connectivity index (χ1n) is 1.48. The lowest BCUT2D eigenvalue weighted by atomic mass is 10.8. The van der Waals surface area contributed by atoms with Gasteiger partial charge in [-0.3, -0.25) is 0 Å². The molecule has 0 unspecified atom stereocenters. The van der Waals surface area contributed by atoms with Crippen LogP contribution in [0.3, 0.4) is 0 Å². The minimum absolute atomic E-state index is 0.616. The molecule has 0 heterocycles. The Morgan fingerprint density at radius 3 is 2.00 bits per heavy atom. The van der Waals surface area contributed by atoms with Gasteiger partial charge in [0.05, 0.1) is 0 Å². The van der Waals surface area contributed by atoms with E-state index < -0.39 is 6.29 Å². The van der Waals surface area contributed by atoms with Crippen LogP contribution < -0.4 is 0 Å². The predicted octanol–water partition coefficient (Wildman–Crippen LogP) is -0.0289. The lowest BCUT2D eigenvalue weighted by Crippen LogP contribution is -1.99. The van der Waals surface area contributed by atoms with Crippen molar-refractivity contribution in [2.45, 2.75) is 13.2 Å². The maximum absolute atomic E-state index is 8.14. The van der Waals surface area contributed by atoms with Crippen molar-refractivity contribution < 1.29 is 9.84 Å². The fraction of sp³-hybridized carbons (Fsp3) is 1.00. The lowest BCUT2D eigenvalue weighted by Gasteiger charge is -1.94. The highest BCUT2D eigenvalue weighted by molar-refractivity contribution is 4.10. The van der Waals surface area contributed by atoms with Crippen LogP contribution in [-0.2, 0) is 4.74 Å². The van der Waals surface area contributed by atoms with Crippen LogP contribution in [0, 0.1) is 0 Å². The zero-order valence-electron chi connectivity index (χ0n) is 3.43. The Kier molecular flexibility index (Phi) is 2.14. The molecule has 0 aromatic heterocycles. The van der Waals surface area contributed by atoms with Crippen LogP contribution in [0.25, 0.3) is 0 Å². The lowest BCUT2D eigenvalue weighted by molar-refractivity contribution is -0.0583. The standard InChI is InChI=1S/C3H8O2/c1-3(4)5-2/h3-4H,1-2H3/t3-/m1/s1. The molecule has 0 amide bonds. The van der Waals surface area contributed by atoms with E-state index in [0.29, 0.717) is 0 Å². The molecule has 0 spiro atoms. The summed E-state index contributed by atoms with van der Waals surface area (Å²) < 4.78 is 4.31. The third-order valence-electron chi connectivity index (χ3n) is 0.341. The molecule has 0 aromatic rings. The molecule has 0 aliphatic heterocycles. The smallest absolute Gasteiger partial charge is 0.151 e. The molecule has 1 atom stereocenters. The van der Waals surface area contributed by atoms with Crippen LogP contribution in [0.1, 0.15) is 6.92 Å². The van der Waals surface area contributed by atoms with Crippen molar-refractivity contribution in [2.75, 3.05) is 7.11 Å². The molecular formula is C3H8O2. The predicted molar refractivity (Wildman–Crippen MR) is 18.7 cm³/mol. The second kappa shape index (κ2) is 2.18. The molecular weight excluding hydrogens is 68.0 g/mol. The topological polar surface area (TPSA) is 29.5 Å². The second-order valence-electron chi connectivity index (χ2n) is 0.835. The van der Waals surface area contributed by atoms with Crippen molar-refractivity contribution in [3.8, 4) is 0 Å². The fourth-order valence-corrected chi connectivity index (χ4v) is 0. The Balaban J connectivity index is 2.54. The van der Waals surface area contributed by atoms with Gasteiger partial charge in [0.1, 0.15) is 0 Å². The molecule has 0 aromatic carbocycles. The Morgan fingerprint density at radius 2 is 2.00 bits per heavy atom. The molecule has 5 heavy (non-hydrogen) atoms. The molecule has 0 rings (SSSR count). The zero-order chi connectivity index (χ0) is 4.28. The van der Waals surface area contributed by atoms with Gasteiger partial charge in [-0.2, -0.15) is 0 Å². The normalized spacial score (nSPS) is 15.0. The third kappa shape index (κ3) is 3.92. The van der Waals surface area contributed by atoms with Gasteiger partial charge in [0.15, 0.2) is 6.29 Å². The summed E-state index contributed by atoms with van der Waals surface area (Å²) >= 11 is 0. The largest absolute Gasteiger partial charge is 0.368 e. The fourth-order valence-electron chi connectivity index (χ4n) is 0. The van der Waals surface area contributed by atoms with Crippen molar-refractivity contribution in [2.24, 2.45) is 0 Å². The molecule has 2 heteroatoms. The number of aliphatic hydroxyl groups is 1. The summed E-state index contributed by atoms with van der Waals surface area (Å²) in [6, 6.07) is 0. The van der Waals surface area contributed by atoms with Gasteiger partial charge in [-0.05, 0) is 6.92 Å². The highest BCUT2D eigenvalue weighted by atomic mass is 16.6. The molecule has 32 valence electrons. The number of ether oxygens (including phenoxy) is 1. The summed E-state index contributed by atoms with van der Waals surface area (Å²) in [6.45, 7) is 1.56. The molecule has 1 N–H and O–H groups in total. The van der Waals surface area contributed by atoms with Crippen LogP contribution in [0.4, 0.5) is 0 Å². The van der Waals surface area contributed by atoms with Crippen molar-refractivity contribution in [1.29, 1.82) is 0 Å². The first-order valence-corrected chi connectivity index (χ1v) is 1.48. The summed E-state index contributed by atoms with van der Waals surface area (Å²) in [5, 5.41) is 8.14. The Labute approximate surface area is 31.4 Å². The van der Waals surface area contributed by atoms with Gasteiger partial charge >= 0.3 is 0 Å². The number of hydrogen-bond acceptors (Lipinski definition) is 2. The van der Waals surface area contributed by atoms with E-state index in [-0.39, 0.29) is 0 Å². The van der Waals surface area contributed by atoms with Crippen LogP contribution in [0.5, 0.6) is 0 Å². The van der Waals surface area contributed by atoms with Gasteiger partial charge in [-0.25, -0.2) is 0 Å². The van der Waals surface area contributed by atoms with Crippen LogP contribution in [0.15, 0.2) is 0 Å². The third-order valence-corrected chi connectivity index (χ3v) is 0.341. The van der Waals surface area contributed by atoms with Gasteiger partial charge in [0.2, 0.25) is 0 Å². The first-order chi connectivity index (χ1) is 2.27. The molecule has 0 aliphatic rings. The number of hydrogen-bond donors (Lipinski definition) is 1. The maximum Gasteiger partial charge on any atom is 0.151 e. The monoisotopic (exact) mass is 76.1 g/mol.